The molecule has 1 heterocycles. The van der Waals surface area contributed by atoms with E-state index in [0.717, 1.165) is 25.1 Å². The summed E-state index contributed by atoms with van der Waals surface area (Å²) in [5.74, 6) is -0.108. The molecule has 3 nitrogen and oxygen atoms in total. The van der Waals surface area contributed by atoms with Crippen molar-refractivity contribution in [3.63, 3.8) is 0 Å². The van der Waals surface area contributed by atoms with E-state index in [-0.39, 0.29) is 11.4 Å². The number of rotatable bonds is 2. The van der Waals surface area contributed by atoms with E-state index < -0.39 is 5.41 Å². The highest BCUT2D eigenvalue weighted by molar-refractivity contribution is 6.02. The van der Waals surface area contributed by atoms with Crippen LogP contribution in [0.3, 0.4) is 0 Å². The molecule has 0 N–H and O–H groups in total. The molecule has 2 rings (SSSR count). The van der Waals surface area contributed by atoms with Crippen molar-refractivity contribution in [3.8, 4) is 6.07 Å². The zero-order chi connectivity index (χ0) is 14.8. The van der Waals surface area contributed by atoms with E-state index in [1.807, 2.05) is 43.9 Å². The molecule has 0 aliphatic carbocycles. The van der Waals surface area contributed by atoms with E-state index in [1.54, 1.807) is 6.20 Å². The second kappa shape index (κ2) is 5.50. The SMILES string of the molecule is CC(C)(C)C(=O)/C(C#N)=C/N1CCCc2ccccc21. The Hall–Kier alpha value is -2.08. The number of nitrogens with zero attached hydrogens (tertiary/aromatic N) is 2. The van der Waals surface area contributed by atoms with E-state index in [1.165, 1.54) is 5.56 Å². The maximum Gasteiger partial charge on any atom is 0.180 e. The Morgan fingerprint density at radius 1 is 1.35 bits per heavy atom. The average Bonchev–Trinajstić information content (AvgIpc) is 2.43. The number of benzene rings is 1. The van der Waals surface area contributed by atoms with Crippen LogP contribution in [0.4, 0.5) is 5.69 Å². The Morgan fingerprint density at radius 3 is 2.70 bits per heavy atom. The first-order chi connectivity index (χ1) is 9.43. The van der Waals surface area contributed by atoms with Gasteiger partial charge < -0.3 is 4.90 Å². The van der Waals surface area contributed by atoms with E-state index >= 15 is 0 Å². The van der Waals surface area contributed by atoms with Crippen LogP contribution >= 0.6 is 0 Å². The molecular formula is C17H20N2O. The van der Waals surface area contributed by atoms with E-state index in [4.69, 9.17) is 0 Å². The molecule has 0 radical (unpaired) electrons. The van der Waals surface area contributed by atoms with Gasteiger partial charge >= 0.3 is 0 Å². The van der Waals surface area contributed by atoms with Gasteiger partial charge in [0.05, 0.1) is 0 Å². The molecule has 0 spiro atoms. The van der Waals surface area contributed by atoms with Gasteiger partial charge in [-0.3, -0.25) is 4.79 Å². The quantitative estimate of drug-likeness (QED) is 0.609. The molecule has 1 aromatic carbocycles. The number of carbonyl (C=O) groups excluding carboxylic acids is 1. The Bertz CT molecular complexity index is 588. The first-order valence-electron chi connectivity index (χ1n) is 6.95. The minimum absolute atomic E-state index is 0.108. The zero-order valence-electron chi connectivity index (χ0n) is 12.3. The summed E-state index contributed by atoms with van der Waals surface area (Å²) in [6.45, 7) is 6.36. The predicted octanol–water partition coefficient (Wildman–Crippen LogP) is 3.46. The van der Waals surface area contributed by atoms with Crippen LogP contribution in [0.1, 0.15) is 32.8 Å². The van der Waals surface area contributed by atoms with Crippen LogP contribution in [-0.4, -0.2) is 12.3 Å². The third kappa shape index (κ3) is 2.91. The largest absolute Gasteiger partial charge is 0.346 e. The molecule has 0 atom stereocenters. The molecule has 0 saturated carbocycles. The summed E-state index contributed by atoms with van der Waals surface area (Å²) in [7, 11) is 0. The van der Waals surface area contributed by atoms with Crippen molar-refractivity contribution in [3.05, 3.63) is 41.6 Å². The molecule has 104 valence electrons. The zero-order valence-corrected chi connectivity index (χ0v) is 12.3. The van der Waals surface area contributed by atoms with Crippen molar-refractivity contribution in [2.75, 3.05) is 11.4 Å². The number of carbonyl (C=O) groups is 1. The Kier molecular flexibility index (Phi) is 3.94. The Morgan fingerprint density at radius 2 is 2.05 bits per heavy atom. The summed E-state index contributed by atoms with van der Waals surface area (Å²) in [5.41, 5.74) is 2.08. The maximum absolute atomic E-state index is 12.3. The number of allylic oxidation sites excluding steroid dienone is 1. The van der Waals surface area contributed by atoms with Crippen LogP contribution in [0, 0.1) is 16.7 Å². The summed E-state index contributed by atoms with van der Waals surface area (Å²) in [6, 6.07) is 10.2. The summed E-state index contributed by atoms with van der Waals surface area (Å²) < 4.78 is 0. The second-order valence-corrected chi connectivity index (χ2v) is 6.16. The van der Waals surface area contributed by atoms with Gasteiger partial charge in [-0.2, -0.15) is 5.26 Å². The van der Waals surface area contributed by atoms with Crippen molar-refractivity contribution >= 4 is 11.5 Å². The monoisotopic (exact) mass is 268 g/mol. The van der Waals surface area contributed by atoms with Crippen LogP contribution in [-0.2, 0) is 11.2 Å². The summed E-state index contributed by atoms with van der Waals surface area (Å²) in [6.07, 6.45) is 3.80. The standard InChI is InChI=1S/C17H20N2O/c1-17(2,3)16(20)14(11-18)12-19-10-6-8-13-7-4-5-9-15(13)19/h4-5,7,9,12H,6,8,10H2,1-3H3/b14-12+. The van der Waals surface area contributed by atoms with Gasteiger partial charge in [0, 0.05) is 23.8 Å². The van der Waals surface area contributed by atoms with Gasteiger partial charge in [0.15, 0.2) is 5.78 Å². The molecule has 0 amide bonds. The van der Waals surface area contributed by atoms with Crippen molar-refractivity contribution in [1.82, 2.24) is 0 Å². The lowest BCUT2D eigenvalue weighted by atomic mass is 9.87. The van der Waals surface area contributed by atoms with Crippen LogP contribution in [0.2, 0.25) is 0 Å². The Balaban J connectivity index is 2.36. The highest BCUT2D eigenvalue weighted by Crippen LogP contribution is 2.28. The topological polar surface area (TPSA) is 44.1 Å². The predicted molar refractivity (Wildman–Crippen MR) is 80.3 cm³/mol. The number of aryl methyl sites for hydroxylation is 1. The lowest BCUT2D eigenvalue weighted by Gasteiger charge is -2.29. The number of nitriles is 1. The highest BCUT2D eigenvalue weighted by Gasteiger charge is 2.26. The molecule has 3 heteroatoms. The third-order valence-electron chi connectivity index (χ3n) is 3.48. The van der Waals surface area contributed by atoms with Gasteiger partial charge in [-0.1, -0.05) is 39.0 Å². The van der Waals surface area contributed by atoms with Crippen molar-refractivity contribution < 1.29 is 4.79 Å². The fourth-order valence-corrected chi connectivity index (χ4v) is 2.39. The maximum atomic E-state index is 12.3. The van der Waals surface area contributed by atoms with Crippen LogP contribution in [0.25, 0.3) is 0 Å². The molecule has 0 bridgehead atoms. The van der Waals surface area contributed by atoms with Crippen molar-refractivity contribution in [2.45, 2.75) is 33.6 Å². The second-order valence-electron chi connectivity index (χ2n) is 6.16. The average molecular weight is 268 g/mol. The van der Waals surface area contributed by atoms with Gasteiger partial charge in [0.2, 0.25) is 0 Å². The number of ketones is 1. The van der Waals surface area contributed by atoms with Crippen molar-refractivity contribution in [1.29, 1.82) is 5.26 Å². The van der Waals surface area contributed by atoms with E-state index in [9.17, 15) is 10.1 Å². The van der Waals surface area contributed by atoms with E-state index in [0.29, 0.717) is 0 Å². The Labute approximate surface area is 120 Å². The lowest BCUT2D eigenvalue weighted by Crippen LogP contribution is -2.27. The smallest absolute Gasteiger partial charge is 0.180 e. The van der Waals surface area contributed by atoms with E-state index in [2.05, 4.69) is 12.1 Å². The minimum atomic E-state index is -0.531. The molecule has 1 aliphatic rings. The molecule has 0 fully saturated rings. The molecule has 0 aromatic heterocycles. The van der Waals surface area contributed by atoms with Gasteiger partial charge in [0.1, 0.15) is 11.6 Å². The van der Waals surface area contributed by atoms with Crippen LogP contribution in [0.5, 0.6) is 0 Å². The molecule has 0 saturated heterocycles. The summed E-state index contributed by atoms with van der Waals surface area (Å²) in [4.78, 5) is 14.3. The fraction of sp³-hybridized carbons (Fsp3) is 0.412. The van der Waals surface area contributed by atoms with Gasteiger partial charge in [0.25, 0.3) is 0 Å². The minimum Gasteiger partial charge on any atom is -0.346 e. The first-order valence-corrected chi connectivity index (χ1v) is 6.95. The summed E-state index contributed by atoms with van der Waals surface area (Å²) in [5, 5.41) is 9.27. The first kappa shape index (κ1) is 14.3. The molecule has 1 aliphatic heterocycles. The molecule has 20 heavy (non-hydrogen) atoms. The number of fused-ring (bicyclic) bond motifs is 1. The van der Waals surface area contributed by atoms with Gasteiger partial charge in [-0.05, 0) is 24.5 Å². The fourth-order valence-electron chi connectivity index (χ4n) is 2.39. The lowest BCUT2D eigenvalue weighted by molar-refractivity contribution is -0.122. The van der Waals surface area contributed by atoms with Crippen LogP contribution < -0.4 is 4.90 Å². The van der Waals surface area contributed by atoms with Crippen LogP contribution in [0.15, 0.2) is 36.0 Å². The molecular weight excluding hydrogens is 248 g/mol. The number of anilines is 1. The molecule has 0 unspecified atom stereocenters. The normalized spacial score (nSPS) is 15.5. The third-order valence-corrected chi connectivity index (χ3v) is 3.48. The number of Topliss-reactive ketones (excluding diaryl/α,β-unsaturated/α-hetero) is 1. The van der Waals surface area contributed by atoms with Crippen molar-refractivity contribution in [2.24, 2.45) is 5.41 Å². The summed E-state index contributed by atoms with van der Waals surface area (Å²) >= 11 is 0. The number of para-hydroxylation sites is 1. The number of hydrogen-bond donors (Lipinski definition) is 0. The number of hydrogen-bond acceptors (Lipinski definition) is 3. The highest BCUT2D eigenvalue weighted by atomic mass is 16.1. The van der Waals surface area contributed by atoms with Gasteiger partial charge in [-0.15, -0.1) is 0 Å². The van der Waals surface area contributed by atoms with Gasteiger partial charge in [-0.25, -0.2) is 0 Å². The molecule has 1 aromatic rings.